The number of amides is 1. The van der Waals surface area contributed by atoms with E-state index in [0.29, 0.717) is 5.82 Å². The number of aliphatic hydroxyl groups excluding tert-OH is 1. The molecular weight excluding hydrogens is 232 g/mol. The van der Waals surface area contributed by atoms with Crippen molar-refractivity contribution in [1.82, 2.24) is 15.1 Å². The van der Waals surface area contributed by atoms with Crippen LogP contribution in [0.5, 0.6) is 0 Å². The molecule has 0 aromatic carbocycles. The molecule has 0 aliphatic rings. The predicted molar refractivity (Wildman–Crippen MR) is 69.5 cm³/mol. The molecule has 2 N–H and O–H groups in total. The average molecular weight is 252 g/mol. The molecule has 6 heteroatoms. The van der Waals surface area contributed by atoms with Crippen LogP contribution >= 0.6 is 0 Å². The molecule has 1 aromatic rings. The van der Waals surface area contributed by atoms with Crippen LogP contribution in [0.15, 0.2) is 12.1 Å². The van der Waals surface area contributed by atoms with Crippen LogP contribution in [0.4, 0.5) is 5.82 Å². The highest BCUT2D eigenvalue weighted by atomic mass is 16.3. The van der Waals surface area contributed by atoms with E-state index >= 15 is 0 Å². The van der Waals surface area contributed by atoms with E-state index in [0.717, 1.165) is 13.0 Å². The van der Waals surface area contributed by atoms with Gasteiger partial charge >= 0.3 is 0 Å². The Morgan fingerprint density at radius 2 is 2.22 bits per heavy atom. The molecule has 1 amide bonds. The van der Waals surface area contributed by atoms with Crippen LogP contribution < -0.4 is 5.32 Å². The van der Waals surface area contributed by atoms with Crippen molar-refractivity contribution in [2.45, 2.75) is 26.3 Å². The van der Waals surface area contributed by atoms with Gasteiger partial charge in [0.1, 0.15) is 5.82 Å². The fourth-order valence-electron chi connectivity index (χ4n) is 1.30. The molecular formula is C12H20N4O2. The summed E-state index contributed by atoms with van der Waals surface area (Å²) in [4.78, 5) is 13.4. The Morgan fingerprint density at radius 1 is 1.50 bits per heavy atom. The maximum Gasteiger partial charge on any atom is 0.274 e. The van der Waals surface area contributed by atoms with Gasteiger partial charge in [0.25, 0.3) is 5.91 Å². The lowest BCUT2D eigenvalue weighted by Crippen LogP contribution is -2.37. The predicted octanol–water partition coefficient (Wildman–Crippen LogP) is 0.751. The first-order valence-electron chi connectivity index (χ1n) is 6.05. The SMILES string of the molecule is CCCNc1ccc(C(=O)N(C)C(C)CO)nn1. The summed E-state index contributed by atoms with van der Waals surface area (Å²) in [5.74, 6) is 0.414. The minimum atomic E-state index is -0.244. The molecule has 0 fully saturated rings. The smallest absolute Gasteiger partial charge is 0.274 e. The third-order valence-corrected chi connectivity index (χ3v) is 2.69. The largest absolute Gasteiger partial charge is 0.394 e. The van der Waals surface area contributed by atoms with E-state index in [4.69, 9.17) is 5.11 Å². The zero-order chi connectivity index (χ0) is 13.5. The number of rotatable bonds is 6. The van der Waals surface area contributed by atoms with Gasteiger partial charge in [0.2, 0.25) is 0 Å². The maximum atomic E-state index is 12.0. The van der Waals surface area contributed by atoms with Crippen molar-refractivity contribution in [1.29, 1.82) is 0 Å². The number of likely N-dealkylation sites (N-methyl/N-ethyl adjacent to an activating group) is 1. The first-order chi connectivity index (χ1) is 8.60. The summed E-state index contributed by atoms with van der Waals surface area (Å²) < 4.78 is 0. The number of carbonyl (C=O) groups excluding carboxylic acids is 1. The Hall–Kier alpha value is -1.69. The molecule has 1 aromatic heterocycles. The lowest BCUT2D eigenvalue weighted by Gasteiger charge is -2.22. The Kier molecular flexibility index (Phi) is 5.51. The highest BCUT2D eigenvalue weighted by Gasteiger charge is 2.18. The van der Waals surface area contributed by atoms with Gasteiger partial charge in [-0.05, 0) is 25.5 Å². The molecule has 1 unspecified atom stereocenters. The molecule has 1 heterocycles. The fraction of sp³-hybridized carbons (Fsp3) is 0.583. The van der Waals surface area contributed by atoms with Crippen LogP contribution in [0.3, 0.4) is 0 Å². The minimum absolute atomic E-state index is 0.0776. The van der Waals surface area contributed by atoms with E-state index in [-0.39, 0.29) is 24.2 Å². The number of nitrogens with one attached hydrogen (secondary N) is 1. The summed E-state index contributed by atoms with van der Waals surface area (Å²) in [6, 6.07) is 3.12. The second kappa shape index (κ2) is 6.90. The summed E-state index contributed by atoms with van der Waals surface area (Å²) in [6.45, 7) is 4.57. The van der Waals surface area contributed by atoms with Gasteiger partial charge in [0.05, 0.1) is 12.6 Å². The van der Waals surface area contributed by atoms with Crippen LogP contribution in [0.25, 0.3) is 0 Å². The molecule has 1 atom stereocenters. The van der Waals surface area contributed by atoms with E-state index < -0.39 is 0 Å². The number of anilines is 1. The second-order valence-electron chi connectivity index (χ2n) is 4.18. The van der Waals surface area contributed by atoms with Crippen molar-refractivity contribution in [3.8, 4) is 0 Å². The number of aliphatic hydroxyl groups is 1. The number of hydrogen-bond acceptors (Lipinski definition) is 5. The number of aromatic nitrogens is 2. The fourth-order valence-corrected chi connectivity index (χ4v) is 1.30. The van der Waals surface area contributed by atoms with Crippen molar-refractivity contribution >= 4 is 11.7 Å². The van der Waals surface area contributed by atoms with Crippen LogP contribution in [0.2, 0.25) is 0 Å². The highest BCUT2D eigenvalue weighted by molar-refractivity contribution is 5.92. The molecule has 0 bridgehead atoms. The van der Waals surface area contributed by atoms with E-state index in [1.54, 1.807) is 26.1 Å². The Balaban J connectivity index is 2.69. The molecule has 100 valence electrons. The molecule has 1 rings (SSSR count). The summed E-state index contributed by atoms with van der Waals surface area (Å²) in [5.41, 5.74) is 0.278. The summed E-state index contributed by atoms with van der Waals surface area (Å²) >= 11 is 0. The van der Waals surface area contributed by atoms with Crippen LogP contribution in [0, 0.1) is 0 Å². The highest BCUT2D eigenvalue weighted by Crippen LogP contribution is 2.06. The molecule has 0 saturated carbocycles. The van der Waals surface area contributed by atoms with Gasteiger partial charge < -0.3 is 15.3 Å². The van der Waals surface area contributed by atoms with Crippen LogP contribution in [0.1, 0.15) is 30.8 Å². The van der Waals surface area contributed by atoms with E-state index in [9.17, 15) is 4.79 Å². The zero-order valence-electron chi connectivity index (χ0n) is 11.1. The van der Waals surface area contributed by atoms with Gasteiger partial charge in [-0.15, -0.1) is 10.2 Å². The summed E-state index contributed by atoms with van der Waals surface area (Å²) in [6.07, 6.45) is 0.999. The average Bonchev–Trinajstić information content (AvgIpc) is 2.43. The van der Waals surface area contributed by atoms with Gasteiger partial charge in [-0.2, -0.15) is 0 Å². The monoisotopic (exact) mass is 252 g/mol. The number of carbonyl (C=O) groups is 1. The molecule has 0 radical (unpaired) electrons. The molecule has 0 aliphatic heterocycles. The Bertz CT molecular complexity index is 380. The summed E-state index contributed by atoms with van der Waals surface area (Å²) in [5, 5.41) is 19.9. The topological polar surface area (TPSA) is 78.4 Å². The Morgan fingerprint density at radius 3 is 2.72 bits per heavy atom. The molecule has 6 nitrogen and oxygen atoms in total. The van der Waals surface area contributed by atoms with Crippen molar-refractivity contribution in [2.75, 3.05) is 25.5 Å². The first kappa shape index (κ1) is 14.4. The normalized spacial score (nSPS) is 12.0. The van der Waals surface area contributed by atoms with Gasteiger partial charge in [-0.3, -0.25) is 4.79 Å². The standard InChI is InChI=1S/C12H20N4O2/c1-4-7-13-11-6-5-10(14-15-11)12(18)16(3)9(2)8-17/h5-6,9,17H,4,7-8H2,1-3H3,(H,13,15). The third kappa shape index (κ3) is 3.66. The lowest BCUT2D eigenvalue weighted by molar-refractivity contribution is 0.0675. The number of hydrogen-bond donors (Lipinski definition) is 2. The minimum Gasteiger partial charge on any atom is -0.394 e. The van der Waals surface area contributed by atoms with Crippen molar-refractivity contribution in [3.05, 3.63) is 17.8 Å². The Labute approximate surface area is 107 Å². The molecule has 0 spiro atoms. The number of nitrogens with zero attached hydrogens (tertiary/aromatic N) is 3. The quantitative estimate of drug-likeness (QED) is 0.781. The van der Waals surface area contributed by atoms with Crippen molar-refractivity contribution in [2.24, 2.45) is 0 Å². The molecule has 18 heavy (non-hydrogen) atoms. The van der Waals surface area contributed by atoms with Crippen molar-refractivity contribution < 1.29 is 9.90 Å². The molecule has 0 saturated heterocycles. The van der Waals surface area contributed by atoms with Gasteiger partial charge in [0.15, 0.2) is 5.69 Å². The first-order valence-corrected chi connectivity index (χ1v) is 6.05. The molecule has 0 aliphatic carbocycles. The third-order valence-electron chi connectivity index (χ3n) is 2.69. The lowest BCUT2D eigenvalue weighted by atomic mass is 10.2. The summed E-state index contributed by atoms with van der Waals surface area (Å²) in [7, 11) is 1.63. The van der Waals surface area contributed by atoms with Crippen LogP contribution in [-0.4, -0.2) is 52.4 Å². The zero-order valence-corrected chi connectivity index (χ0v) is 11.1. The van der Waals surface area contributed by atoms with Crippen LogP contribution in [-0.2, 0) is 0 Å². The second-order valence-corrected chi connectivity index (χ2v) is 4.18. The van der Waals surface area contributed by atoms with E-state index in [1.807, 2.05) is 0 Å². The van der Waals surface area contributed by atoms with E-state index in [1.165, 1.54) is 4.90 Å². The van der Waals surface area contributed by atoms with Gasteiger partial charge in [0, 0.05) is 13.6 Å². The van der Waals surface area contributed by atoms with E-state index in [2.05, 4.69) is 22.4 Å². The van der Waals surface area contributed by atoms with Crippen molar-refractivity contribution in [3.63, 3.8) is 0 Å². The maximum absolute atomic E-state index is 12.0. The van der Waals surface area contributed by atoms with Gasteiger partial charge in [-0.1, -0.05) is 6.92 Å². The van der Waals surface area contributed by atoms with Gasteiger partial charge in [-0.25, -0.2) is 0 Å².